The molecule has 1 amide bonds. The molecule has 5 nitrogen and oxygen atoms in total. The molecule has 1 rings (SSSR count). The molecule has 0 aromatic rings. The lowest BCUT2D eigenvalue weighted by Crippen LogP contribution is -2.38. The molecule has 0 atom stereocenters. The lowest BCUT2D eigenvalue weighted by Gasteiger charge is -2.17. The number of rotatable bonds is 3. The molecule has 1 saturated heterocycles. The van der Waals surface area contributed by atoms with Crippen molar-refractivity contribution in [3.05, 3.63) is 12.2 Å². The molecule has 100 valence electrons. The summed E-state index contributed by atoms with van der Waals surface area (Å²) in [5.74, 6) is 0.0337. The summed E-state index contributed by atoms with van der Waals surface area (Å²) in [5.41, 5.74) is 3.61. The maximum Gasteiger partial charge on any atom is 0.245 e. The summed E-state index contributed by atoms with van der Waals surface area (Å²) in [5, 5.41) is 7.95. The van der Waals surface area contributed by atoms with E-state index in [0.29, 0.717) is 16.8 Å². The van der Waals surface area contributed by atoms with E-state index in [0.717, 1.165) is 5.57 Å². The van der Waals surface area contributed by atoms with E-state index in [2.05, 4.69) is 22.4 Å². The van der Waals surface area contributed by atoms with Crippen molar-refractivity contribution in [2.75, 3.05) is 13.6 Å². The summed E-state index contributed by atoms with van der Waals surface area (Å²) in [4.78, 5) is 13.8. The van der Waals surface area contributed by atoms with Crippen LogP contribution in [-0.2, 0) is 4.79 Å². The second-order valence-corrected chi connectivity index (χ2v) is 6.54. The van der Waals surface area contributed by atoms with Crippen LogP contribution in [0.3, 0.4) is 0 Å². The number of hydrazone groups is 1. The van der Waals surface area contributed by atoms with Crippen molar-refractivity contribution in [2.24, 2.45) is 5.10 Å². The molecule has 0 aliphatic carbocycles. The van der Waals surface area contributed by atoms with Gasteiger partial charge in [0.1, 0.15) is 0 Å². The van der Waals surface area contributed by atoms with E-state index < -0.39 is 4.75 Å². The minimum Gasteiger partial charge on any atom is -0.364 e. The van der Waals surface area contributed by atoms with Crippen LogP contribution in [0.1, 0.15) is 20.8 Å². The van der Waals surface area contributed by atoms with E-state index in [1.54, 1.807) is 11.9 Å². The normalized spacial score (nSPS) is 20.1. The second kappa shape index (κ2) is 5.71. The third-order valence-corrected chi connectivity index (χ3v) is 3.72. The highest BCUT2D eigenvalue weighted by molar-refractivity contribution is 8.16. The highest BCUT2D eigenvalue weighted by Gasteiger charge is 2.44. The minimum atomic E-state index is -0.503. The van der Waals surface area contributed by atoms with Gasteiger partial charge in [-0.1, -0.05) is 23.9 Å². The Kier molecular flexibility index (Phi) is 4.75. The number of nitrogens with zero attached hydrogens (tertiary/aromatic N) is 2. The van der Waals surface area contributed by atoms with Gasteiger partial charge in [-0.05, 0) is 33.0 Å². The molecule has 0 aromatic carbocycles. The third-order valence-electron chi connectivity index (χ3n) is 2.25. The zero-order valence-corrected chi connectivity index (χ0v) is 12.7. The first kappa shape index (κ1) is 15.0. The van der Waals surface area contributed by atoms with Crippen molar-refractivity contribution in [2.45, 2.75) is 25.5 Å². The minimum absolute atomic E-state index is 0.0337. The van der Waals surface area contributed by atoms with Crippen molar-refractivity contribution < 1.29 is 4.79 Å². The smallest absolute Gasteiger partial charge is 0.245 e. The van der Waals surface area contributed by atoms with Crippen LogP contribution >= 0.6 is 24.0 Å². The fourth-order valence-electron chi connectivity index (χ4n) is 1.39. The second-order valence-electron chi connectivity index (χ2n) is 4.55. The molecule has 0 unspecified atom stereocenters. The van der Waals surface area contributed by atoms with Crippen molar-refractivity contribution in [3.8, 4) is 0 Å². The van der Waals surface area contributed by atoms with Crippen LogP contribution < -0.4 is 10.7 Å². The molecule has 1 fully saturated rings. The Labute approximate surface area is 117 Å². The van der Waals surface area contributed by atoms with E-state index in [-0.39, 0.29) is 5.91 Å². The Hall–Kier alpha value is -1.08. The van der Waals surface area contributed by atoms with Gasteiger partial charge in [-0.2, -0.15) is 0 Å². The van der Waals surface area contributed by atoms with Crippen molar-refractivity contribution >= 4 is 40.2 Å². The van der Waals surface area contributed by atoms with Crippen LogP contribution in [0.4, 0.5) is 0 Å². The maximum atomic E-state index is 12.2. The lowest BCUT2D eigenvalue weighted by atomic mass is 10.2. The summed E-state index contributed by atoms with van der Waals surface area (Å²) in [6.45, 7) is 9.94. The fourth-order valence-corrected chi connectivity index (χ4v) is 2.43. The van der Waals surface area contributed by atoms with Gasteiger partial charge in [-0.15, -0.1) is 5.10 Å². The van der Waals surface area contributed by atoms with Gasteiger partial charge in [0, 0.05) is 13.6 Å². The fraction of sp³-hybridized carbons (Fsp3) is 0.545. The van der Waals surface area contributed by atoms with Gasteiger partial charge in [-0.25, -0.2) is 0 Å². The molecule has 0 radical (unpaired) electrons. The molecule has 0 aromatic heterocycles. The van der Waals surface area contributed by atoms with Crippen LogP contribution in [0.5, 0.6) is 0 Å². The number of hydrogen-bond donors (Lipinski definition) is 2. The number of hydrogen-bond acceptors (Lipinski definition) is 4. The average molecular weight is 286 g/mol. The topological polar surface area (TPSA) is 56.7 Å². The number of amides is 1. The van der Waals surface area contributed by atoms with Gasteiger partial charge in [-0.3, -0.25) is 15.1 Å². The van der Waals surface area contributed by atoms with E-state index >= 15 is 0 Å². The van der Waals surface area contributed by atoms with Crippen LogP contribution in [0.2, 0.25) is 0 Å². The lowest BCUT2D eigenvalue weighted by molar-refractivity contribution is -0.128. The zero-order valence-electron chi connectivity index (χ0n) is 11.0. The molecule has 1 heterocycles. The van der Waals surface area contributed by atoms with Crippen LogP contribution in [0, 0.1) is 0 Å². The van der Waals surface area contributed by atoms with E-state index in [9.17, 15) is 4.79 Å². The standard InChI is InChI=1S/C11H18N4OS2/c1-7(2)6-15-8(16)11(3,4)18-10(15)14-13-9(17)12-5/h1,6H2,2-5H3,(H2,12,13,17). The number of thiocarbonyl (C=S) groups is 1. The molecule has 0 bridgehead atoms. The first-order valence-corrected chi connectivity index (χ1v) is 6.71. The van der Waals surface area contributed by atoms with Crippen molar-refractivity contribution in [3.63, 3.8) is 0 Å². The Morgan fingerprint density at radius 1 is 1.61 bits per heavy atom. The summed E-state index contributed by atoms with van der Waals surface area (Å²) in [6, 6.07) is 0. The van der Waals surface area contributed by atoms with Crippen LogP contribution in [0.15, 0.2) is 17.3 Å². The first-order valence-electron chi connectivity index (χ1n) is 5.48. The summed E-state index contributed by atoms with van der Waals surface area (Å²) in [6.07, 6.45) is 0. The average Bonchev–Trinajstić information content (AvgIpc) is 2.49. The Morgan fingerprint density at radius 3 is 2.72 bits per heavy atom. The van der Waals surface area contributed by atoms with E-state index in [1.807, 2.05) is 20.8 Å². The molecule has 18 heavy (non-hydrogen) atoms. The molecule has 0 spiro atoms. The van der Waals surface area contributed by atoms with Crippen LogP contribution in [0.25, 0.3) is 0 Å². The number of carbonyl (C=O) groups is 1. The summed E-state index contributed by atoms with van der Waals surface area (Å²) in [7, 11) is 1.71. The van der Waals surface area contributed by atoms with E-state index in [4.69, 9.17) is 12.2 Å². The highest BCUT2D eigenvalue weighted by Crippen LogP contribution is 2.36. The van der Waals surface area contributed by atoms with Crippen molar-refractivity contribution in [1.29, 1.82) is 0 Å². The zero-order chi connectivity index (χ0) is 13.9. The van der Waals surface area contributed by atoms with Crippen LogP contribution in [-0.4, -0.2) is 39.4 Å². The number of thioether (sulfide) groups is 1. The van der Waals surface area contributed by atoms with Gasteiger partial charge < -0.3 is 5.32 Å². The molecule has 1 aliphatic heterocycles. The van der Waals surface area contributed by atoms with E-state index in [1.165, 1.54) is 11.8 Å². The van der Waals surface area contributed by atoms with Gasteiger partial charge in [0.15, 0.2) is 10.3 Å². The molecular formula is C11H18N4OS2. The maximum absolute atomic E-state index is 12.2. The first-order chi connectivity index (χ1) is 8.27. The SMILES string of the molecule is C=C(C)CN1C(=O)C(C)(C)SC1=NNC(=S)NC. The Morgan fingerprint density at radius 2 is 2.22 bits per heavy atom. The largest absolute Gasteiger partial charge is 0.364 e. The summed E-state index contributed by atoms with van der Waals surface area (Å²) >= 11 is 6.36. The molecule has 1 aliphatic rings. The highest BCUT2D eigenvalue weighted by atomic mass is 32.2. The number of nitrogens with one attached hydrogen (secondary N) is 2. The molecule has 2 N–H and O–H groups in total. The number of carbonyl (C=O) groups excluding carboxylic acids is 1. The predicted molar refractivity (Wildman–Crippen MR) is 80.4 cm³/mol. The predicted octanol–water partition coefficient (Wildman–Crippen LogP) is 1.28. The quantitative estimate of drug-likeness (QED) is 0.465. The monoisotopic (exact) mass is 286 g/mol. The summed E-state index contributed by atoms with van der Waals surface area (Å²) < 4.78 is -0.503. The number of amidine groups is 1. The molecular weight excluding hydrogens is 268 g/mol. The van der Waals surface area contributed by atoms with Gasteiger partial charge in [0.05, 0.1) is 4.75 Å². The van der Waals surface area contributed by atoms with Gasteiger partial charge in [0.2, 0.25) is 5.91 Å². The van der Waals surface area contributed by atoms with Crippen molar-refractivity contribution in [1.82, 2.24) is 15.6 Å². The van der Waals surface area contributed by atoms with Gasteiger partial charge in [0.25, 0.3) is 0 Å². The Balaban J connectivity index is 2.90. The van der Waals surface area contributed by atoms with Gasteiger partial charge >= 0.3 is 0 Å². The molecule has 7 heteroatoms. The molecule has 0 saturated carbocycles. The Bertz CT molecular complexity index is 417. The third kappa shape index (κ3) is 3.46.